The van der Waals surface area contributed by atoms with Crippen LogP contribution < -0.4 is 10.6 Å². The highest BCUT2D eigenvalue weighted by molar-refractivity contribution is 7.89. The Balaban J connectivity index is 0.00000484. The number of hydrogen-bond donors (Lipinski definition) is 2. The zero-order valence-corrected chi connectivity index (χ0v) is 15.2. The van der Waals surface area contributed by atoms with E-state index in [-0.39, 0.29) is 23.2 Å². The van der Waals surface area contributed by atoms with Gasteiger partial charge in [-0.15, -0.1) is 12.4 Å². The molecule has 0 atom stereocenters. The lowest BCUT2D eigenvalue weighted by Crippen LogP contribution is -2.33. The van der Waals surface area contributed by atoms with E-state index in [1.807, 2.05) is 0 Å². The van der Waals surface area contributed by atoms with Gasteiger partial charge in [-0.1, -0.05) is 6.07 Å². The lowest BCUT2D eigenvalue weighted by atomic mass is 10.2. The maximum atomic E-state index is 12.0. The van der Waals surface area contributed by atoms with E-state index in [1.54, 1.807) is 19.2 Å². The van der Waals surface area contributed by atoms with Gasteiger partial charge in [0.1, 0.15) is 0 Å². The molecule has 1 amide bonds. The van der Waals surface area contributed by atoms with Gasteiger partial charge in [0, 0.05) is 46.4 Å². The average Bonchev–Trinajstić information content (AvgIpc) is 2.50. The van der Waals surface area contributed by atoms with Crippen molar-refractivity contribution < 1.29 is 17.9 Å². The maximum Gasteiger partial charge on any atom is 0.251 e. The summed E-state index contributed by atoms with van der Waals surface area (Å²) in [5.74, 6) is -0.302. The fourth-order valence-corrected chi connectivity index (χ4v) is 2.62. The Kier molecular flexibility index (Phi) is 10.0. The van der Waals surface area contributed by atoms with E-state index >= 15 is 0 Å². The lowest BCUT2D eigenvalue weighted by molar-refractivity contribution is 0.0953. The van der Waals surface area contributed by atoms with Crippen molar-refractivity contribution in [1.29, 1.82) is 0 Å². The molecule has 0 bridgehead atoms. The Morgan fingerprint density at radius 3 is 2.52 bits per heavy atom. The van der Waals surface area contributed by atoms with Gasteiger partial charge in [-0.25, -0.2) is 12.7 Å². The summed E-state index contributed by atoms with van der Waals surface area (Å²) in [6, 6.07) is 5.99. The van der Waals surface area contributed by atoms with Crippen molar-refractivity contribution in [1.82, 2.24) is 14.9 Å². The molecule has 0 aliphatic rings. The molecule has 0 aromatic heterocycles. The number of benzene rings is 1. The van der Waals surface area contributed by atoms with Crippen LogP contribution in [-0.2, 0) is 14.8 Å². The number of amides is 1. The molecule has 23 heavy (non-hydrogen) atoms. The van der Waals surface area contributed by atoms with Gasteiger partial charge in [0.05, 0.1) is 11.5 Å². The molecule has 9 heteroatoms. The van der Waals surface area contributed by atoms with Gasteiger partial charge in [0.2, 0.25) is 10.0 Å². The van der Waals surface area contributed by atoms with Crippen molar-refractivity contribution >= 4 is 28.3 Å². The lowest BCUT2D eigenvalue weighted by Gasteiger charge is -2.12. The van der Waals surface area contributed by atoms with Crippen molar-refractivity contribution in [3.05, 3.63) is 29.8 Å². The molecule has 0 heterocycles. The monoisotopic (exact) mass is 365 g/mol. The van der Waals surface area contributed by atoms with Gasteiger partial charge in [0.15, 0.2) is 0 Å². The van der Waals surface area contributed by atoms with Crippen molar-refractivity contribution in [3.63, 3.8) is 0 Å². The Labute approximate surface area is 143 Å². The molecule has 1 rings (SSSR count). The number of halogens is 1. The highest BCUT2D eigenvalue weighted by Crippen LogP contribution is 2.14. The fourth-order valence-electron chi connectivity index (χ4n) is 1.67. The summed E-state index contributed by atoms with van der Waals surface area (Å²) in [4.78, 5) is 12.1. The first-order valence-electron chi connectivity index (χ1n) is 6.90. The summed E-state index contributed by atoms with van der Waals surface area (Å²) in [6.07, 6.45) is 0. The van der Waals surface area contributed by atoms with E-state index < -0.39 is 10.0 Å². The largest absolute Gasteiger partial charge is 0.383 e. The average molecular weight is 366 g/mol. The molecule has 0 aliphatic heterocycles. The quantitative estimate of drug-likeness (QED) is 0.615. The summed E-state index contributed by atoms with van der Waals surface area (Å²) in [5, 5.41) is 5.83. The second kappa shape index (κ2) is 10.6. The predicted octanol–water partition coefficient (Wildman–Crippen LogP) is 0.325. The van der Waals surface area contributed by atoms with Gasteiger partial charge >= 0.3 is 0 Å². The topological polar surface area (TPSA) is 87.7 Å². The van der Waals surface area contributed by atoms with E-state index in [9.17, 15) is 13.2 Å². The molecule has 0 radical (unpaired) electrons. The van der Waals surface area contributed by atoms with Crippen LogP contribution in [0.15, 0.2) is 29.2 Å². The number of carbonyl (C=O) groups excluding carboxylic acids is 1. The van der Waals surface area contributed by atoms with Crippen molar-refractivity contribution in [2.75, 3.05) is 47.4 Å². The Hall–Kier alpha value is -1.19. The third-order valence-corrected chi connectivity index (χ3v) is 4.76. The van der Waals surface area contributed by atoms with Crippen molar-refractivity contribution in [2.45, 2.75) is 4.90 Å². The number of rotatable bonds is 9. The molecule has 0 fully saturated rings. The Morgan fingerprint density at radius 1 is 1.22 bits per heavy atom. The van der Waals surface area contributed by atoms with Crippen LogP contribution in [-0.4, -0.2) is 66.1 Å². The molecule has 2 N–H and O–H groups in total. The minimum atomic E-state index is -3.54. The molecule has 7 nitrogen and oxygen atoms in total. The second-order valence-electron chi connectivity index (χ2n) is 4.81. The zero-order valence-electron chi connectivity index (χ0n) is 13.5. The Bertz CT molecular complexity index is 593. The van der Waals surface area contributed by atoms with Gasteiger partial charge in [-0.2, -0.15) is 0 Å². The zero-order chi connectivity index (χ0) is 16.6. The van der Waals surface area contributed by atoms with E-state index in [2.05, 4.69) is 10.6 Å². The highest BCUT2D eigenvalue weighted by Gasteiger charge is 2.18. The van der Waals surface area contributed by atoms with Crippen molar-refractivity contribution in [3.8, 4) is 0 Å². The molecular weight excluding hydrogens is 342 g/mol. The van der Waals surface area contributed by atoms with Gasteiger partial charge < -0.3 is 15.4 Å². The van der Waals surface area contributed by atoms with Crippen LogP contribution in [0.25, 0.3) is 0 Å². The standard InChI is InChI=1S/C14H23N3O4S.ClH/c1-17(2)22(19,20)13-6-4-5-12(11-13)14(18)16-8-7-15-9-10-21-3;/h4-6,11,15H,7-10H2,1-3H3,(H,16,18);1H. The number of ether oxygens (including phenoxy) is 1. The first kappa shape index (κ1) is 21.8. The summed E-state index contributed by atoms with van der Waals surface area (Å²) >= 11 is 0. The summed E-state index contributed by atoms with van der Waals surface area (Å²) < 4.78 is 30.1. The third kappa shape index (κ3) is 6.84. The number of carbonyl (C=O) groups is 1. The molecule has 0 spiro atoms. The number of methoxy groups -OCH3 is 1. The number of nitrogens with zero attached hydrogens (tertiary/aromatic N) is 1. The van der Waals surface area contributed by atoms with Crippen LogP contribution in [0.3, 0.4) is 0 Å². The predicted molar refractivity (Wildman–Crippen MR) is 91.6 cm³/mol. The number of sulfonamides is 1. The molecule has 0 aliphatic carbocycles. The minimum absolute atomic E-state index is 0. The minimum Gasteiger partial charge on any atom is -0.383 e. The molecule has 0 saturated carbocycles. The van der Waals surface area contributed by atoms with E-state index in [0.29, 0.717) is 31.8 Å². The maximum absolute atomic E-state index is 12.0. The second-order valence-corrected chi connectivity index (χ2v) is 6.97. The smallest absolute Gasteiger partial charge is 0.251 e. The summed E-state index contributed by atoms with van der Waals surface area (Å²) in [7, 11) is 0.986. The normalized spacial score (nSPS) is 11.1. The molecule has 0 saturated heterocycles. The Morgan fingerprint density at radius 2 is 1.91 bits per heavy atom. The van der Waals surface area contributed by atoms with Crippen LogP contribution >= 0.6 is 12.4 Å². The number of hydrogen-bond acceptors (Lipinski definition) is 5. The first-order chi connectivity index (χ1) is 10.4. The van der Waals surface area contributed by atoms with Gasteiger partial charge in [0.25, 0.3) is 5.91 Å². The third-order valence-electron chi connectivity index (χ3n) is 2.95. The van der Waals surface area contributed by atoms with Crippen LogP contribution in [0.1, 0.15) is 10.4 Å². The van der Waals surface area contributed by atoms with Crippen molar-refractivity contribution in [2.24, 2.45) is 0 Å². The van der Waals surface area contributed by atoms with Crippen LogP contribution in [0.4, 0.5) is 0 Å². The summed E-state index contributed by atoms with van der Waals surface area (Å²) in [6.45, 7) is 2.39. The van der Waals surface area contributed by atoms with E-state index in [1.165, 1.54) is 26.2 Å². The molecular formula is C14H24ClN3O4S. The molecule has 1 aromatic carbocycles. The highest BCUT2D eigenvalue weighted by atomic mass is 35.5. The molecule has 132 valence electrons. The fraction of sp³-hybridized carbons (Fsp3) is 0.500. The van der Waals surface area contributed by atoms with E-state index in [4.69, 9.17) is 4.74 Å². The first-order valence-corrected chi connectivity index (χ1v) is 8.34. The van der Waals surface area contributed by atoms with Gasteiger partial charge in [-0.05, 0) is 18.2 Å². The van der Waals surface area contributed by atoms with Gasteiger partial charge in [-0.3, -0.25) is 4.79 Å². The van der Waals surface area contributed by atoms with Crippen LogP contribution in [0.2, 0.25) is 0 Å². The van der Waals surface area contributed by atoms with Crippen LogP contribution in [0, 0.1) is 0 Å². The van der Waals surface area contributed by atoms with Crippen LogP contribution in [0.5, 0.6) is 0 Å². The molecule has 0 unspecified atom stereocenters. The number of nitrogens with one attached hydrogen (secondary N) is 2. The summed E-state index contributed by atoms with van der Waals surface area (Å²) in [5.41, 5.74) is 0.319. The SMILES string of the molecule is COCCNCCNC(=O)c1cccc(S(=O)(=O)N(C)C)c1.Cl. The van der Waals surface area contributed by atoms with E-state index in [0.717, 1.165) is 4.31 Å². The molecule has 1 aromatic rings.